The molecule has 0 amide bonds. The predicted octanol–water partition coefficient (Wildman–Crippen LogP) is 2.44. The first-order valence-corrected chi connectivity index (χ1v) is 7.28. The zero-order valence-electron chi connectivity index (χ0n) is 11.8. The number of carbonyl (C=O) groups excluding carboxylic acids is 2. The van der Waals surface area contributed by atoms with E-state index in [0.717, 1.165) is 18.4 Å². The second-order valence-corrected chi connectivity index (χ2v) is 7.62. The predicted molar refractivity (Wildman–Crippen MR) is 69.5 cm³/mol. The van der Waals surface area contributed by atoms with E-state index in [2.05, 4.69) is 13.8 Å². The van der Waals surface area contributed by atoms with Crippen LogP contribution in [-0.4, -0.2) is 22.8 Å². The van der Waals surface area contributed by atoms with Gasteiger partial charge in [-0.3, -0.25) is 9.59 Å². The Kier molecular flexibility index (Phi) is 1.89. The molecule has 0 N–H and O–H groups in total. The molecule has 19 heavy (non-hydrogen) atoms. The smallest absolute Gasteiger partial charge is 0.172 e. The molecular weight excluding hydrogens is 240 g/mol. The van der Waals surface area contributed by atoms with Crippen LogP contribution in [0, 0.1) is 17.3 Å². The molecule has 2 saturated heterocycles. The molecule has 4 atom stereocenters. The number of ketones is 2. The Labute approximate surface area is 113 Å². The van der Waals surface area contributed by atoms with Crippen LogP contribution in [0.5, 0.6) is 0 Å². The van der Waals surface area contributed by atoms with Crippen molar-refractivity contribution in [1.82, 2.24) is 0 Å². The van der Waals surface area contributed by atoms with Crippen LogP contribution in [0.25, 0.3) is 0 Å². The van der Waals surface area contributed by atoms with Crippen molar-refractivity contribution >= 4 is 11.6 Å². The van der Waals surface area contributed by atoms with Crippen LogP contribution in [0.1, 0.15) is 46.5 Å². The summed E-state index contributed by atoms with van der Waals surface area (Å²) in [6.07, 6.45) is 4.80. The minimum Gasteiger partial charge on any atom is -0.356 e. The number of fused-ring (bicyclic) bond motifs is 2. The summed E-state index contributed by atoms with van der Waals surface area (Å²) in [5.41, 5.74) is -0.0709. The highest BCUT2D eigenvalue weighted by atomic mass is 16.5. The van der Waals surface area contributed by atoms with Crippen molar-refractivity contribution in [3.63, 3.8) is 0 Å². The molecule has 102 valence electrons. The molecule has 3 fully saturated rings. The maximum Gasteiger partial charge on any atom is 0.172 e. The van der Waals surface area contributed by atoms with Gasteiger partial charge in [-0.2, -0.15) is 0 Å². The van der Waals surface area contributed by atoms with Gasteiger partial charge in [0.25, 0.3) is 0 Å². The third-order valence-corrected chi connectivity index (χ3v) is 6.13. The highest BCUT2D eigenvalue weighted by Gasteiger charge is 2.72. The number of allylic oxidation sites excluding steroid dienone is 1. The highest BCUT2D eigenvalue weighted by molar-refractivity contribution is 6.01. The van der Waals surface area contributed by atoms with E-state index in [-0.39, 0.29) is 34.4 Å². The number of rotatable bonds is 0. The fourth-order valence-electron chi connectivity index (χ4n) is 5.24. The summed E-state index contributed by atoms with van der Waals surface area (Å²) in [7, 11) is 0. The number of ether oxygens (including phenoxy) is 1. The van der Waals surface area contributed by atoms with Crippen LogP contribution in [0.2, 0.25) is 0 Å². The standard InChI is InChI=1S/C16H20O3/c1-14(2)10-6-9(17)7-11(10)16-12(14)4-5-15(3,19-16)8-13(16)18/h7,10,12H,4-6,8H2,1-3H3/t10-,12+,15+,16?/m0/s1. The van der Waals surface area contributed by atoms with E-state index in [4.69, 9.17) is 4.74 Å². The fourth-order valence-corrected chi connectivity index (χ4v) is 5.24. The van der Waals surface area contributed by atoms with Crippen LogP contribution in [0.3, 0.4) is 0 Å². The topological polar surface area (TPSA) is 43.4 Å². The molecule has 2 bridgehead atoms. The van der Waals surface area contributed by atoms with E-state index in [1.807, 2.05) is 6.92 Å². The molecule has 2 heterocycles. The molecule has 2 aliphatic heterocycles. The van der Waals surface area contributed by atoms with Crippen molar-refractivity contribution in [2.75, 3.05) is 0 Å². The summed E-state index contributed by atoms with van der Waals surface area (Å²) in [6, 6.07) is 0. The number of hydrogen-bond acceptors (Lipinski definition) is 3. The molecule has 4 rings (SSSR count). The van der Waals surface area contributed by atoms with Gasteiger partial charge in [0.15, 0.2) is 17.2 Å². The SMILES string of the molecule is CC1(C)[C@H]2CC(=O)C=C2C23O[C@](C)(CC[C@@H]21)CC3=O. The first-order chi connectivity index (χ1) is 8.80. The van der Waals surface area contributed by atoms with E-state index in [1.165, 1.54) is 0 Å². The summed E-state index contributed by atoms with van der Waals surface area (Å²) in [5, 5.41) is 0. The van der Waals surface area contributed by atoms with E-state index in [9.17, 15) is 9.59 Å². The lowest BCUT2D eigenvalue weighted by Gasteiger charge is -2.43. The molecule has 0 aromatic rings. The average Bonchev–Trinajstić information content (AvgIpc) is 2.82. The highest BCUT2D eigenvalue weighted by Crippen LogP contribution is 2.68. The Bertz CT molecular complexity index is 544. The molecule has 3 nitrogen and oxygen atoms in total. The fraction of sp³-hybridized carbons (Fsp3) is 0.750. The zero-order valence-corrected chi connectivity index (χ0v) is 11.8. The van der Waals surface area contributed by atoms with E-state index in [1.54, 1.807) is 6.08 Å². The Balaban J connectivity index is 1.95. The number of carbonyl (C=O) groups is 2. The Hall–Kier alpha value is -0.960. The second-order valence-electron chi connectivity index (χ2n) is 7.62. The van der Waals surface area contributed by atoms with Crippen molar-refractivity contribution in [2.24, 2.45) is 17.3 Å². The molecule has 1 unspecified atom stereocenters. The maximum atomic E-state index is 12.7. The van der Waals surface area contributed by atoms with Gasteiger partial charge in [0.2, 0.25) is 0 Å². The second kappa shape index (κ2) is 3.03. The third kappa shape index (κ3) is 1.14. The van der Waals surface area contributed by atoms with Gasteiger partial charge >= 0.3 is 0 Å². The van der Waals surface area contributed by atoms with Crippen LogP contribution in [0.15, 0.2) is 11.6 Å². The summed E-state index contributed by atoms with van der Waals surface area (Å²) < 4.78 is 6.34. The Morgan fingerprint density at radius 2 is 2.00 bits per heavy atom. The van der Waals surface area contributed by atoms with Crippen LogP contribution in [-0.2, 0) is 14.3 Å². The summed E-state index contributed by atoms with van der Waals surface area (Å²) in [6.45, 7) is 6.47. The van der Waals surface area contributed by atoms with Crippen molar-refractivity contribution in [3.05, 3.63) is 11.6 Å². The van der Waals surface area contributed by atoms with E-state index >= 15 is 0 Å². The minimum absolute atomic E-state index is 0.0146. The minimum atomic E-state index is -0.757. The van der Waals surface area contributed by atoms with Gasteiger partial charge in [-0.1, -0.05) is 13.8 Å². The van der Waals surface area contributed by atoms with Crippen molar-refractivity contribution < 1.29 is 14.3 Å². The van der Waals surface area contributed by atoms with Crippen LogP contribution < -0.4 is 0 Å². The molecule has 1 spiro atoms. The largest absolute Gasteiger partial charge is 0.356 e. The lowest BCUT2D eigenvalue weighted by Crippen LogP contribution is -2.49. The van der Waals surface area contributed by atoms with Gasteiger partial charge in [0.1, 0.15) is 0 Å². The normalized spacial score (nSPS) is 50.2. The number of hydrogen-bond donors (Lipinski definition) is 0. The average molecular weight is 260 g/mol. The molecular formula is C16H20O3. The van der Waals surface area contributed by atoms with Crippen LogP contribution in [0.4, 0.5) is 0 Å². The van der Waals surface area contributed by atoms with Gasteiger partial charge in [0, 0.05) is 18.8 Å². The summed E-state index contributed by atoms with van der Waals surface area (Å²) in [4.78, 5) is 24.6. The first-order valence-electron chi connectivity index (χ1n) is 7.28. The maximum absolute atomic E-state index is 12.7. The molecule has 1 saturated carbocycles. The van der Waals surface area contributed by atoms with Gasteiger partial charge in [0.05, 0.1) is 5.60 Å². The Morgan fingerprint density at radius 3 is 2.74 bits per heavy atom. The van der Waals surface area contributed by atoms with E-state index in [0.29, 0.717) is 12.8 Å². The zero-order chi connectivity index (χ0) is 13.6. The lowest BCUT2D eigenvalue weighted by molar-refractivity contribution is -0.160. The molecule has 0 aromatic heterocycles. The molecule has 4 aliphatic rings. The van der Waals surface area contributed by atoms with Gasteiger partial charge < -0.3 is 4.74 Å². The first kappa shape index (κ1) is 11.8. The molecule has 0 radical (unpaired) electrons. The van der Waals surface area contributed by atoms with Crippen molar-refractivity contribution in [2.45, 2.75) is 57.7 Å². The number of Topliss-reactive ketones (excluding diaryl/α,β-unsaturated/α-hetero) is 1. The molecule has 0 aromatic carbocycles. The third-order valence-electron chi connectivity index (χ3n) is 6.13. The van der Waals surface area contributed by atoms with Crippen molar-refractivity contribution in [3.8, 4) is 0 Å². The molecule has 3 heteroatoms. The van der Waals surface area contributed by atoms with Gasteiger partial charge in [-0.05, 0) is 42.7 Å². The monoisotopic (exact) mass is 260 g/mol. The quantitative estimate of drug-likeness (QED) is 0.672. The Morgan fingerprint density at radius 1 is 1.26 bits per heavy atom. The summed E-state index contributed by atoms with van der Waals surface area (Å²) in [5.74, 6) is 0.826. The van der Waals surface area contributed by atoms with Crippen molar-refractivity contribution in [1.29, 1.82) is 0 Å². The van der Waals surface area contributed by atoms with E-state index < -0.39 is 5.60 Å². The molecule has 2 aliphatic carbocycles. The van der Waals surface area contributed by atoms with Crippen LogP contribution >= 0.6 is 0 Å². The lowest BCUT2D eigenvalue weighted by atomic mass is 9.69. The summed E-state index contributed by atoms with van der Waals surface area (Å²) >= 11 is 0. The van der Waals surface area contributed by atoms with Gasteiger partial charge in [-0.15, -0.1) is 0 Å². The van der Waals surface area contributed by atoms with Gasteiger partial charge in [-0.25, -0.2) is 0 Å².